The largest absolute Gasteiger partial charge is 0.480 e. The van der Waals surface area contributed by atoms with Crippen LogP contribution in [-0.4, -0.2) is 50.0 Å². The van der Waals surface area contributed by atoms with Crippen molar-refractivity contribution >= 4 is 41.1 Å². The van der Waals surface area contributed by atoms with Gasteiger partial charge < -0.3 is 19.7 Å². The number of benzene rings is 1. The molecule has 2 aliphatic rings. The Morgan fingerprint density at radius 2 is 1.97 bits per heavy atom. The second kappa shape index (κ2) is 6.81. The van der Waals surface area contributed by atoms with Gasteiger partial charge in [-0.05, 0) is 26.8 Å². The SMILES string of the molecule is Cc1occ(-c2ccccc2Cl)c1C(=O)N[C@@H]1C(=O)N2[C@@H]1SC(C)(C)[C@@H]2C(=O)O. The van der Waals surface area contributed by atoms with Crippen LogP contribution in [0, 0.1) is 6.92 Å². The van der Waals surface area contributed by atoms with Gasteiger partial charge in [-0.1, -0.05) is 29.8 Å². The maximum atomic E-state index is 13.0. The number of hydrogen-bond acceptors (Lipinski definition) is 5. The minimum Gasteiger partial charge on any atom is -0.480 e. The monoisotopic (exact) mass is 434 g/mol. The van der Waals surface area contributed by atoms with Crippen molar-refractivity contribution in [1.82, 2.24) is 10.2 Å². The van der Waals surface area contributed by atoms with Crippen molar-refractivity contribution in [2.24, 2.45) is 0 Å². The fraction of sp³-hybridized carbons (Fsp3) is 0.350. The Morgan fingerprint density at radius 3 is 2.62 bits per heavy atom. The molecule has 0 saturated carbocycles. The van der Waals surface area contributed by atoms with E-state index in [0.29, 0.717) is 27.5 Å². The molecule has 0 unspecified atom stereocenters. The highest BCUT2D eigenvalue weighted by atomic mass is 35.5. The number of aliphatic carboxylic acids is 1. The summed E-state index contributed by atoms with van der Waals surface area (Å²) in [5, 5.41) is 12.3. The van der Waals surface area contributed by atoms with E-state index in [1.165, 1.54) is 22.9 Å². The number of fused-ring (bicyclic) bond motifs is 1. The summed E-state index contributed by atoms with van der Waals surface area (Å²) in [7, 11) is 0. The summed E-state index contributed by atoms with van der Waals surface area (Å²) in [5.74, 6) is -1.49. The second-order valence-corrected chi connectivity index (χ2v) is 9.79. The van der Waals surface area contributed by atoms with Crippen LogP contribution in [0.1, 0.15) is 30.0 Å². The van der Waals surface area contributed by atoms with Crippen LogP contribution in [0.15, 0.2) is 34.9 Å². The first kappa shape index (κ1) is 19.8. The van der Waals surface area contributed by atoms with Crippen LogP contribution in [0.4, 0.5) is 0 Å². The highest BCUT2D eigenvalue weighted by Gasteiger charge is 2.64. The predicted octanol–water partition coefficient (Wildman–Crippen LogP) is 3.15. The Labute approximate surface area is 176 Å². The molecule has 1 aromatic heterocycles. The zero-order valence-corrected chi connectivity index (χ0v) is 17.5. The summed E-state index contributed by atoms with van der Waals surface area (Å²) in [5.41, 5.74) is 1.50. The van der Waals surface area contributed by atoms with Crippen LogP contribution in [0.2, 0.25) is 5.02 Å². The molecule has 3 heterocycles. The number of aryl methyl sites for hydroxylation is 1. The van der Waals surface area contributed by atoms with Crippen molar-refractivity contribution in [3.63, 3.8) is 0 Å². The van der Waals surface area contributed by atoms with Crippen molar-refractivity contribution in [2.45, 2.75) is 43.0 Å². The van der Waals surface area contributed by atoms with Gasteiger partial charge in [0.15, 0.2) is 0 Å². The molecule has 2 aromatic rings. The molecule has 2 saturated heterocycles. The number of halogens is 1. The van der Waals surface area contributed by atoms with Gasteiger partial charge in [-0.15, -0.1) is 11.8 Å². The molecule has 1 aromatic carbocycles. The number of furan rings is 1. The summed E-state index contributed by atoms with van der Waals surface area (Å²) < 4.78 is 4.80. The van der Waals surface area contributed by atoms with E-state index in [-0.39, 0.29) is 0 Å². The number of carbonyl (C=O) groups excluding carboxylic acids is 2. The number of hydrogen-bond donors (Lipinski definition) is 2. The van der Waals surface area contributed by atoms with E-state index < -0.39 is 40.0 Å². The smallest absolute Gasteiger partial charge is 0.327 e. The summed E-state index contributed by atoms with van der Waals surface area (Å²) in [6.45, 7) is 5.24. The summed E-state index contributed by atoms with van der Waals surface area (Å²) in [6, 6.07) is 5.39. The van der Waals surface area contributed by atoms with Gasteiger partial charge in [0, 0.05) is 20.9 Å². The summed E-state index contributed by atoms with van der Waals surface area (Å²) in [4.78, 5) is 38.6. The van der Waals surface area contributed by atoms with E-state index in [1.54, 1.807) is 39.0 Å². The third kappa shape index (κ3) is 3.02. The molecule has 0 aliphatic carbocycles. The molecule has 2 N–H and O–H groups in total. The lowest BCUT2D eigenvalue weighted by molar-refractivity contribution is -0.159. The van der Waals surface area contributed by atoms with Crippen LogP contribution < -0.4 is 5.32 Å². The third-order valence-electron chi connectivity index (χ3n) is 5.33. The Bertz CT molecular complexity index is 1030. The fourth-order valence-corrected chi connectivity index (χ4v) is 5.84. The first-order chi connectivity index (χ1) is 13.6. The van der Waals surface area contributed by atoms with E-state index in [2.05, 4.69) is 5.32 Å². The van der Waals surface area contributed by atoms with Crippen molar-refractivity contribution in [3.8, 4) is 11.1 Å². The molecule has 4 rings (SSSR count). The van der Waals surface area contributed by atoms with Gasteiger partial charge in [0.2, 0.25) is 5.91 Å². The van der Waals surface area contributed by atoms with Crippen molar-refractivity contribution < 1.29 is 23.9 Å². The molecule has 2 amide bonds. The molecular weight excluding hydrogens is 416 g/mol. The molecule has 0 spiro atoms. The van der Waals surface area contributed by atoms with Crippen molar-refractivity contribution in [3.05, 3.63) is 46.9 Å². The molecule has 9 heteroatoms. The van der Waals surface area contributed by atoms with Gasteiger partial charge >= 0.3 is 5.97 Å². The first-order valence-corrected chi connectivity index (χ1v) is 10.3. The minimum atomic E-state index is -1.05. The van der Waals surface area contributed by atoms with Gasteiger partial charge in [-0.25, -0.2) is 4.79 Å². The minimum absolute atomic E-state index is 0.307. The van der Waals surface area contributed by atoms with Crippen LogP contribution >= 0.6 is 23.4 Å². The average molecular weight is 435 g/mol. The highest BCUT2D eigenvalue weighted by molar-refractivity contribution is 8.01. The molecular formula is C20H19ClN2O5S. The number of carboxylic acid groups (broad SMARTS) is 1. The number of rotatable bonds is 4. The Kier molecular flexibility index (Phi) is 4.66. The Morgan fingerprint density at radius 1 is 1.28 bits per heavy atom. The molecule has 7 nitrogen and oxygen atoms in total. The van der Waals surface area contributed by atoms with Crippen LogP contribution in [-0.2, 0) is 9.59 Å². The van der Waals surface area contributed by atoms with Crippen molar-refractivity contribution in [1.29, 1.82) is 0 Å². The lowest BCUT2D eigenvalue weighted by Crippen LogP contribution is -2.70. The van der Waals surface area contributed by atoms with Gasteiger partial charge in [0.1, 0.15) is 23.2 Å². The maximum Gasteiger partial charge on any atom is 0.327 e. The third-order valence-corrected chi connectivity index (χ3v) is 7.23. The van der Waals surface area contributed by atoms with Gasteiger partial charge in [0.05, 0.1) is 11.8 Å². The van der Waals surface area contributed by atoms with Crippen LogP contribution in [0.5, 0.6) is 0 Å². The first-order valence-electron chi connectivity index (χ1n) is 9.00. The Balaban J connectivity index is 1.60. The molecule has 152 valence electrons. The topological polar surface area (TPSA) is 99.9 Å². The quantitative estimate of drug-likeness (QED) is 0.717. The number of nitrogens with zero attached hydrogens (tertiary/aromatic N) is 1. The van der Waals surface area contributed by atoms with Gasteiger partial charge in [-0.2, -0.15) is 0 Å². The standard InChI is InChI=1S/C20H19ClN2O5S/c1-9-13(11(8-28-9)10-6-4-5-7-12(10)21)16(24)22-14-17(25)23-15(19(26)27)20(2,3)29-18(14)23/h4-8,14-15,18H,1-3H3,(H,22,24)(H,26,27)/t14-,15+,18-/m1/s1. The van der Waals surface area contributed by atoms with Crippen molar-refractivity contribution in [2.75, 3.05) is 0 Å². The van der Waals surface area contributed by atoms with Gasteiger partial charge in [-0.3, -0.25) is 9.59 Å². The van der Waals surface area contributed by atoms with E-state index in [9.17, 15) is 19.5 Å². The van der Waals surface area contributed by atoms with E-state index in [0.717, 1.165) is 0 Å². The van der Waals surface area contributed by atoms with Crippen LogP contribution in [0.25, 0.3) is 11.1 Å². The van der Waals surface area contributed by atoms with E-state index in [1.807, 2.05) is 6.07 Å². The lowest BCUT2D eigenvalue weighted by Gasteiger charge is -2.43. The Hall–Kier alpha value is -2.45. The number of carbonyl (C=O) groups is 3. The molecule has 29 heavy (non-hydrogen) atoms. The normalized spacial score (nSPS) is 24.8. The molecule has 2 fully saturated rings. The average Bonchev–Trinajstić information content (AvgIpc) is 3.15. The second-order valence-electron chi connectivity index (χ2n) is 7.61. The number of amides is 2. The number of β-lactam (4-membered cyclic amide) rings is 1. The molecule has 0 radical (unpaired) electrons. The zero-order valence-electron chi connectivity index (χ0n) is 15.9. The molecule has 0 bridgehead atoms. The van der Waals surface area contributed by atoms with E-state index in [4.69, 9.17) is 16.0 Å². The number of thioether (sulfide) groups is 1. The maximum absolute atomic E-state index is 13.0. The van der Waals surface area contributed by atoms with Gasteiger partial charge in [0.25, 0.3) is 5.91 Å². The summed E-state index contributed by atoms with van der Waals surface area (Å²) >= 11 is 7.65. The molecule has 2 aliphatic heterocycles. The number of carboxylic acids is 1. The summed E-state index contributed by atoms with van der Waals surface area (Å²) in [6.07, 6.45) is 1.47. The highest BCUT2D eigenvalue weighted by Crippen LogP contribution is 2.50. The fourth-order valence-electron chi connectivity index (χ4n) is 3.97. The zero-order chi connectivity index (χ0) is 21.1. The van der Waals surface area contributed by atoms with E-state index >= 15 is 0 Å². The lowest BCUT2D eigenvalue weighted by atomic mass is 9.95. The molecule has 3 atom stereocenters. The predicted molar refractivity (Wildman–Crippen MR) is 109 cm³/mol. The number of nitrogens with one attached hydrogen (secondary N) is 1. The van der Waals surface area contributed by atoms with Crippen LogP contribution in [0.3, 0.4) is 0 Å².